The van der Waals surface area contributed by atoms with E-state index in [1.807, 2.05) is 19.9 Å². The first-order valence-corrected chi connectivity index (χ1v) is 6.38. The molecule has 0 amide bonds. The first kappa shape index (κ1) is 13.2. The molecule has 1 aliphatic rings. The van der Waals surface area contributed by atoms with Crippen molar-refractivity contribution in [1.82, 2.24) is 0 Å². The molecule has 0 N–H and O–H groups in total. The van der Waals surface area contributed by atoms with Gasteiger partial charge in [-0.3, -0.25) is 4.79 Å². The Balaban J connectivity index is 2.20. The molecule has 98 valence electrons. The molecule has 1 fully saturated rings. The second-order valence-electron chi connectivity index (χ2n) is 5.39. The van der Waals surface area contributed by atoms with Gasteiger partial charge in [0.2, 0.25) is 5.92 Å². The van der Waals surface area contributed by atoms with Gasteiger partial charge in [0.15, 0.2) is 5.78 Å². The summed E-state index contributed by atoms with van der Waals surface area (Å²) in [6, 6.07) is 5.57. The third-order valence-electron chi connectivity index (χ3n) is 3.52. The molecule has 1 aliphatic carbocycles. The summed E-state index contributed by atoms with van der Waals surface area (Å²) in [5.74, 6) is -3.31. The first-order chi connectivity index (χ1) is 8.37. The summed E-state index contributed by atoms with van der Waals surface area (Å²) in [6.07, 6.45) is 0.651. The standard InChI is InChI=1S/C15H18F2O/c1-10-6-11(2)8-13(7-10)14(18)12-4-3-5-15(16,17)9-12/h6-8,12H,3-5,9H2,1-2H3. The van der Waals surface area contributed by atoms with Gasteiger partial charge in [0.1, 0.15) is 0 Å². The number of ketones is 1. The number of aryl methyl sites for hydroxylation is 2. The Hall–Kier alpha value is -1.25. The lowest BCUT2D eigenvalue weighted by Gasteiger charge is -2.28. The summed E-state index contributed by atoms with van der Waals surface area (Å²) in [7, 11) is 0. The summed E-state index contributed by atoms with van der Waals surface area (Å²) < 4.78 is 26.7. The maximum absolute atomic E-state index is 13.3. The van der Waals surface area contributed by atoms with Crippen LogP contribution in [0, 0.1) is 19.8 Å². The Morgan fingerprint density at radius 2 is 1.83 bits per heavy atom. The third-order valence-corrected chi connectivity index (χ3v) is 3.52. The average Bonchev–Trinajstić information content (AvgIpc) is 2.25. The molecular formula is C15H18F2O. The number of Topliss-reactive ketones (excluding diaryl/α,β-unsaturated/α-hetero) is 1. The molecule has 1 aromatic rings. The molecule has 1 saturated carbocycles. The highest BCUT2D eigenvalue weighted by Gasteiger charge is 2.39. The Labute approximate surface area is 106 Å². The molecule has 0 heterocycles. The molecule has 1 atom stereocenters. The highest BCUT2D eigenvalue weighted by molar-refractivity contribution is 5.98. The number of rotatable bonds is 2. The summed E-state index contributed by atoms with van der Waals surface area (Å²) in [6.45, 7) is 3.83. The van der Waals surface area contributed by atoms with Crippen molar-refractivity contribution in [2.24, 2.45) is 5.92 Å². The highest BCUT2D eigenvalue weighted by atomic mass is 19.3. The molecule has 0 saturated heterocycles. The van der Waals surface area contributed by atoms with Crippen molar-refractivity contribution in [3.05, 3.63) is 34.9 Å². The number of carbonyl (C=O) groups excluding carboxylic acids is 1. The predicted molar refractivity (Wildman–Crippen MR) is 67.2 cm³/mol. The van der Waals surface area contributed by atoms with Gasteiger partial charge in [0, 0.05) is 24.3 Å². The van der Waals surface area contributed by atoms with Crippen molar-refractivity contribution < 1.29 is 13.6 Å². The second kappa shape index (κ2) is 4.79. The van der Waals surface area contributed by atoms with E-state index in [0.29, 0.717) is 18.4 Å². The van der Waals surface area contributed by atoms with Gasteiger partial charge in [0.25, 0.3) is 0 Å². The zero-order valence-electron chi connectivity index (χ0n) is 10.8. The van der Waals surface area contributed by atoms with E-state index in [4.69, 9.17) is 0 Å². The van der Waals surface area contributed by atoms with Crippen LogP contribution in [0.3, 0.4) is 0 Å². The van der Waals surface area contributed by atoms with E-state index in [1.165, 1.54) is 0 Å². The van der Waals surface area contributed by atoms with E-state index in [0.717, 1.165) is 11.1 Å². The summed E-state index contributed by atoms with van der Waals surface area (Å²) >= 11 is 0. The van der Waals surface area contributed by atoms with Crippen molar-refractivity contribution in [2.45, 2.75) is 45.5 Å². The SMILES string of the molecule is Cc1cc(C)cc(C(=O)C2CCCC(F)(F)C2)c1. The molecule has 0 radical (unpaired) electrons. The van der Waals surface area contributed by atoms with E-state index >= 15 is 0 Å². The van der Waals surface area contributed by atoms with E-state index in [9.17, 15) is 13.6 Å². The lowest BCUT2D eigenvalue weighted by molar-refractivity contribution is -0.0477. The lowest BCUT2D eigenvalue weighted by atomic mass is 9.81. The Bertz CT molecular complexity index is 445. The fourth-order valence-electron chi connectivity index (χ4n) is 2.75. The summed E-state index contributed by atoms with van der Waals surface area (Å²) in [4.78, 5) is 12.3. The van der Waals surface area contributed by atoms with Gasteiger partial charge in [-0.1, -0.05) is 17.2 Å². The first-order valence-electron chi connectivity index (χ1n) is 6.38. The van der Waals surface area contributed by atoms with Crippen LogP contribution in [0.15, 0.2) is 18.2 Å². The van der Waals surface area contributed by atoms with E-state index in [-0.39, 0.29) is 18.6 Å². The largest absolute Gasteiger partial charge is 0.294 e. The Morgan fingerprint density at radius 1 is 1.22 bits per heavy atom. The van der Waals surface area contributed by atoms with Gasteiger partial charge in [-0.25, -0.2) is 8.78 Å². The van der Waals surface area contributed by atoms with Gasteiger partial charge >= 0.3 is 0 Å². The minimum atomic E-state index is -2.67. The summed E-state index contributed by atoms with van der Waals surface area (Å²) in [5, 5.41) is 0. The third kappa shape index (κ3) is 2.95. The van der Waals surface area contributed by atoms with Gasteiger partial charge < -0.3 is 0 Å². The average molecular weight is 252 g/mol. The number of alkyl halides is 2. The Kier molecular flexibility index (Phi) is 3.51. The molecule has 0 aromatic heterocycles. The van der Waals surface area contributed by atoms with Crippen LogP contribution in [0.5, 0.6) is 0 Å². The monoisotopic (exact) mass is 252 g/mol. The van der Waals surface area contributed by atoms with Crippen molar-refractivity contribution in [3.63, 3.8) is 0 Å². The van der Waals surface area contributed by atoms with Crippen molar-refractivity contribution in [2.75, 3.05) is 0 Å². The van der Waals surface area contributed by atoms with Crippen LogP contribution >= 0.6 is 0 Å². The quantitative estimate of drug-likeness (QED) is 0.717. The molecule has 1 aromatic carbocycles. The smallest absolute Gasteiger partial charge is 0.248 e. The number of carbonyl (C=O) groups is 1. The van der Waals surface area contributed by atoms with Crippen LogP contribution in [-0.2, 0) is 0 Å². The topological polar surface area (TPSA) is 17.1 Å². The van der Waals surface area contributed by atoms with E-state index < -0.39 is 11.8 Å². The maximum atomic E-state index is 13.3. The number of halogens is 2. The fraction of sp³-hybridized carbons (Fsp3) is 0.533. The van der Waals surface area contributed by atoms with Gasteiger partial charge in [0.05, 0.1) is 0 Å². The molecule has 0 bridgehead atoms. The molecule has 3 heteroatoms. The van der Waals surface area contributed by atoms with Crippen molar-refractivity contribution >= 4 is 5.78 Å². The number of hydrogen-bond donors (Lipinski definition) is 0. The molecule has 1 unspecified atom stereocenters. The molecule has 1 nitrogen and oxygen atoms in total. The maximum Gasteiger partial charge on any atom is 0.248 e. The zero-order valence-corrected chi connectivity index (χ0v) is 10.8. The lowest BCUT2D eigenvalue weighted by Crippen LogP contribution is -2.30. The van der Waals surface area contributed by atoms with Crippen LogP contribution < -0.4 is 0 Å². The van der Waals surface area contributed by atoms with E-state index in [2.05, 4.69) is 0 Å². The molecule has 0 aliphatic heterocycles. The minimum Gasteiger partial charge on any atom is -0.294 e. The minimum absolute atomic E-state index is 0.0797. The second-order valence-corrected chi connectivity index (χ2v) is 5.39. The normalized spacial score (nSPS) is 22.8. The molecule has 0 spiro atoms. The summed E-state index contributed by atoms with van der Waals surface area (Å²) in [5.41, 5.74) is 2.58. The van der Waals surface area contributed by atoms with Crippen LogP contribution in [0.2, 0.25) is 0 Å². The molecule has 18 heavy (non-hydrogen) atoms. The Morgan fingerprint density at radius 3 is 2.39 bits per heavy atom. The van der Waals surface area contributed by atoms with Crippen LogP contribution in [0.25, 0.3) is 0 Å². The molecular weight excluding hydrogens is 234 g/mol. The predicted octanol–water partition coefficient (Wildman–Crippen LogP) is 4.31. The van der Waals surface area contributed by atoms with Crippen LogP contribution in [-0.4, -0.2) is 11.7 Å². The number of benzene rings is 1. The van der Waals surface area contributed by atoms with Crippen LogP contribution in [0.4, 0.5) is 8.78 Å². The van der Waals surface area contributed by atoms with Gasteiger partial charge in [-0.15, -0.1) is 0 Å². The number of hydrogen-bond acceptors (Lipinski definition) is 1. The zero-order chi connectivity index (χ0) is 13.3. The van der Waals surface area contributed by atoms with E-state index in [1.54, 1.807) is 12.1 Å². The van der Waals surface area contributed by atoms with Gasteiger partial charge in [-0.2, -0.15) is 0 Å². The van der Waals surface area contributed by atoms with Crippen LogP contribution in [0.1, 0.15) is 47.2 Å². The highest BCUT2D eigenvalue weighted by Crippen LogP contribution is 2.38. The van der Waals surface area contributed by atoms with Gasteiger partial charge in [-0.05, 0) is 38.8 Å². The fourth-order valence-corrected chi connectivity index (χ4v) is 2.75. The van der Waals surface area contributed by atoms with Crippen molar-refractivity contribution in [3.8, 4) is 0 Å². The van der Waals surface area contributed by atoms with Crippen molar-refractivity contribution in [1.29, 1.82) is 0 Å². The molecule has 2 rings (SSSR count).